The summed E-state index contributed by atoms with van der Waals surface area (Å²) in [6.07, 6.45) is 1.36. The topological polar surface area (TPSA) is 72.1 Å². The highest BCUT2D eigenvalue weighted by molar-refractivity contribution is 5.85. The van der Waals surface area contributed by atoms with E-state index in [0.29, 0.717) is 37.5 Å². The molecule has 1 aliphatic heterocycles. The lowest BCUT2D eigenvalue weighted by Gasteiger charge is -2.34. The van der Waals surface area contributed by atoms with Crippen LogP contribution in [0.1, 0.15) is 18.4 Å². The van der Waals surface area contributed by atoms with Crippen LogP contribution in [-0.4, -0.2) is 71.0 Å². The first-order valence-electron chi connectivity index (χ1n) is 8.99. The molecule has 1 amide bonds. The van der Waals surface area contributed by atoms with Crippen molar-refractivity contribution in [2.24, 2.45) is 0 Å². The van der Waals surface area contributed by atoms with Crippen LogP contribution >= 0.6 is 0 Å². The Morgan fingerprint density at radius 3 is 2.58 bits per heavy atom. The van der Waals surface area contributed by atoms with Gasteiger partial charge >= 0.3 is 0 Å². The summed E-state index contributed by atoms with van der Waals surface area (Å²) in [5.41, 5.74) is 0.222. The Bertz CT molecular complexity index is 586. The quantitative estimate of drug-likeness (QED) is 0.681. The van der Waals surface area contributed by atoms with E-state index >= 15 is 0 Å². The molecular formula is C19H31N3O4. The van der Waals surface area contributed by atoms with Gasteiger partial charge in [0.25, 0.3) is 5.91 Å². The molecule has 0 aromatic heterocycles. The molecule has 0 radical (unpaired) electrons. The highest BCUT2D eigenvalue weighted by Gasteiger charge is 2.39. The van der Waals surface area contributed by atoms with Crippen molar-refractivity contribution in [1.29, 1.82) is 0 Å². The number of nitrogens with zero attached hydrogens (tertiary/aromatic N) is 1. The van der Waals surface area contributed by atoms with E-state index < -0.39 is 5.60 Å². The third-order valence-electron chi connectivity index (χ3n) is 4.69. The lowest BCUT2D eigenvalue weighted by Crippen LogP contribution is -2.53. The molecule has 1 heterocycles. The number of carbonyl (C=O) groups is 1. The van der Waals surface area contributed by atoms with Gasteiger partial charge in [0.15, 0.2) is 11.5 Å². The lowest BCUT2D eigenvalue weighted by atomic mass is 9.91. The minimum Gasteiger partial charge on any atom is -0.493 e. The zero-order chi connectivity index (χ0) is 19.0. The molecule has 1 saturated heterocycles. The maximum atomic E-state index is 12.6. The minimum atomic E-state index is -0.732. The number of piperidine rings is 1. The minimum absolute atomic E-state index is 0.0632. The number of methoxy groups -OCH3 is 2. The van der Waals surface area contributed by atoms with E-state index in [1.54, 1.807) is 14.2 Å². The van der Waals surface area contributed by atoms with Crippen LogP contribution in [0, 0.1) is 0 Å². The van der Waals surface area contributed by atoms with E-state index in [4.69, 9.17) is 14.2 Å². The molecule has 0 aliphatic carbocycles. The van der Waals surface area contributed by atoms with Crippen LogP contribution in [0.5, 0.6) is 11.5 Å². The fourth-order valence-corrected chi connectivity index (χ4v) is 2.98. The van der Waals surface area contributed by atoms with Crippen LogP contribution < -0.4 is 20.1 Å². The first-order chi connectivity index (χ1) is 12.5. The van der Waals surface area contributed by atoms with Gasteiger partial charge < -0.3 is 29.7 Å². The van der Waals surface area contributed by atoms with E-state index in [-0.39, 0.29) is 5.91 Å². The fourth-order valence-electron chi connectivity index (χ4n) is 2.98. The van der Waals surface area contributed by atoms with Crippen LogP contribution in [0.4, 0.5) is 0 Å². The van der Waals surface area contributed by atoms with Crippen molar-refractivity contribution in [1.82, 2.24) is 15.5 Å². The van der Waals surface area contributed by atoms with E-state index in [0.717, 1.165) is 25.2 Å². The predicted octanol–water partition coefficient (Wildman–Crippen LogP) is 1.02. The van der Waals surface area contributed by atoms with Crippen molar-refractivity contribution in [2.75, 3.05) is 54.6 Å². The van der Waals surface area contributed by atoms with E-state index in [2.05, 4.69) is 15.5 Å². The Hall–Kier alpha value is -1.83. The van der Waals surface area contributed by atoms with Crippen molar-refractivity contribution < 1.29 is 19.0 Å². The molecule has 1 aromatic rings. The monoisotopic (exact) mass is 365 g/mol. The molecule has 26 heavy (non-hydrogen) atoms. The molecule has 0 saturated carbocycles. The first kappa shape index (κ1) is 20.5. The summed E-state index contributed by atoms with van der Waals surface area (Å²) in [7, 11) is 7.22. The zero-order valence-electron chi connectivity index (χ0n) is 16.3. The van der Waals surface area contributed by atoms with Crippen molar-refractivity contribution in [3.8, 4) is 11.5 Å². The number of nitrogens with one attached hydrogen (secondary N) is 2. The van der Waals surface area contributed by atoms with E-state index in [1.165, 1.54) is 0 Å². The molecule has 0 unspecified atom stereocenters. The molecule has 1 fully saturated rings. The third kappa shape index (κ3) is 5.33. The first-order valence-corrected chi connectivity index (χ1v) is 8.99. The molecule has 7 heteroatoms. The van der Waals surface area contributed by atoms with Gasteiger partial charge in [-0.1, -0.05) is 6.07 Å². The van der Waals surface area contributed by atoms with Crippen molar-refractivity contribution in [3.05, 3.63) is 23.8 Å². The van der Waals surface area contributed by atoms with Gasteiger partial charge in [0.1, 0.15) is 12.2 Å². The molecule has 0 bridgehead atoms. The van der Waals surface area contributed by atoms with Crippen molar-refractivity contribution in [2.45, 2.75) is 25.0 Å². The van der Waals surface area contributed by atoms with Gasteiger partial charge in [-0.2, -0.15) is 0 Å². The number of amides is 1. The molecular weight excluding hydrogens is 334 g/mol. The highest BCUT2D eigenvalue weighted by atomic mass is 16.5. The SMILES string of the molecule is COc1cc(CNC(=O)C2(OC)CCNCC2)ccc1OCCN(C)C. The van der Waals surface area contributed by atoms with Gasteiger partial charge in [0.05, 0.1) is 7.11 Å². The van der Waals surface area contributed by atoms with Crippen LogP contribution in [-0.2, 0) is 16.1 Å². The normalized spacial score (nSPS) is 16.3. The number of hydrogen-bond acceptors (Lipinski definition) is 6. The van der Waals surface area contributed by atoms with Gasteiger partial charge in [-0.05, 0) is 57.7 Å². The Morgan fingerprint density at radius 2 is 1.96 bits per heavy atom. The summed E-state index contributed by atoms with van der Waals surface area (Å²) in [6, 6.07) is 5.72. The van der Waals surface area contributed by atoms with Gasteiger partial charge in [0, 0.05) is 20.2 Å². The summed E-state index contributed by atoms with van der Waals surface area (Å²) >= 11 is 0. The second-order valence-corrected chi connectivity index (χ2v) is 6.77. The summed E-state index contributed by atoms with van der Waals surface area (Å²) in [4.78, 5) is 14.7. The van der Waals surface area contributed by atoms with Crippen LogP contribution in [0.25, 0.3) is 0 Å². The fraction of sp³-hybridized carbons (Fsp3) is 0.632. The third-order valence-corrected chi connectivity index (χ3v) is 4.69. The molecule has 0 spiro atoms. The lowest BCUT2D eigenvalue weighted by molar-refractivity contribution is -0.146. The Morgan fingerprint density at radius 1 is 1.23 bits per heavy atom. The standard InChI is InChI=1S/C19H31N3O4/c1-22(2)11-12-26-16-6-5-15(13-17(16)24-3)14-21-18(23)19(25-4)7-9-20-10-8-19/h5-6,13,20H,7-12,14H2,1-4H3,(H,21,23). The molecule has 1 aromatic carbocycles. The summed E-state index contributed by atoms with van der Waals surface area (Å²) < 4.78 is 16.7. The van der Waals surface area contributed by atoms with Gasteiger partial charge in [-0.25, -0.2) is 0 Å². The van der Waals surface area contributed by atoms with Crippen molar-refractivity contribution in [3.63, 3.8) is 0 Å². The highest BCUT2D eigenvalue weighted by Crippen LogP contribution is 2.28. The summed E-state index contributed by atoms with van der Waals surface area (Å²) in [6.45, 7) is 3.41. The zero-order valence-corrected chi connectivity index (χ0v) is 16.3. The van der Waals surface area contributed by atoms with Crippen molar-refractivity contribution >= 4 is 5.91 Å². The number of likely N-dealkylation sites (N-methyl/N-ethyl adjacent to an activating group) is 1. The number of rotatable bonds is 9. The molecule has 0 atom stereocenters. The number of ether oxygens (including phenoxy) is 3. The summed E-state index contributed by atoms with van der Waals surface area (Å²) in [5.74, 6) is 1.31. The molecule has 2 rings (SSSR count). The van der Waals surface area contributed by atoms with Crippen LogP contribution in [0.3, 0.4) is 0 Å². The van der Waals surface area contributed by atoms with Crippen LogP contribution in [0.15, 0.2) is 18.2 Å². The number of hydrogen-bond donors (Lipinski definition) is 2. The van der Waals surface area contributed by atoms with Gasteiger partial charge in [-0.15, -0.1) is 0 Å². The smallest absolute Gasteiger partial charge is 0.252 e. The number of carbonyl (C=O) groups excluding carboxylic acids is 1. The maximum absolute atomic E-state index is 12.6. The average Bonchev–Trinajstić information content (AvgIpc) is 2.66. The Kier molecular flexibility index (Phi) is 7.68. The van der Waals surface area contributed by atoms with Crippen LogP contribution in [0.2, 0.25) is 0 Å². The Labute approximate surface area is 156 Å². The maximum Gasteiger partial charge on any atom is 0.252 e. The molecule has 146 valence electrons. The van der Waals surface area contributed by atoms with Gasteiger partial charge in [0.2, 0.25) is 0 Å². The Balaban J connectivity index is 1.95. The molecule has 1 aliphatic rings. The van der Waals surface area contributed by atoms with E-state index in [1.807, 2.05) is 32.3 Å². The largest absolute Gasteiger partial charge is 0.493 e. The van der Waals surface area contributed by atoms with Gasteiger partial charge in [-0.3, -0.25) is 4.79 Å². The van der Waals surface area contributed by atoms with E-state index in [9.17, 15) is 4.79 Å². The second kappa shape index (κ2) is 9.75. The predicted molar refractivity (Wildman–Crippen MR) is 101 cm³/mol. The average molecular weight is 365 g/mol. The molecule has 2 N–H and O–H groups in total. The molecule has 7 nitrogen and oxygen atoms in total. The summed E-state index contributed by atoms with van der Waals surface area (Å²) in [5, 5.41) is 6.25. The second-order valence-electron chi connectivity index (χ2n) is 6.77. The number of benzene rings is 1.